The molecule has 0 bridgehead atoms. The Morgan fingerprint density at radius 2 is 1.93 bits per heavy atom. The van der Waals surface area contributed by atoms with Crippen LogP contribution in [-0.2, 0) is 16.0 Å². The maximum Gasteiger partial charge on any atom is 0.320 e. The Kier molecular flexibility index (Phi) is 9.74. The summed E-state index contributed by atoms with van der Waals surface area (Å²) in [5, 5.41) is 13.7. The minimum absolute atomic E-state index is 0.0149. The summed E-state index contributed by atoms with van der Waals surface area (Å²) < 4.78 is 57.6. The normalized spacial score (nSPS) is 24.7. The van der Waals surface area contributed by atoms with Crippen LogP contribution in [-0.4, -0.2) is 102 Å². The van der Waals surface area contributed by atoms with Crippen molar-refractivity contribution in [3.8, 4) is 11.3 Å². The van der Waals surface area contributed by atoms with Crippen molar-refractivity contribution < 1.29 is 32.5 Å². The van der Waals surface area contributed by atoms with Gasteiger partial charge in [0, 0.05) is 64.2 Å². The highest BCUT2D eigenvalue weighted by atomic mass is 19.1. The van der Waals surface area contributed by atoms with Crippen molar-refractivity contribution in [2.24, 2.45) is 11.8 Å². The van der Waals surface area contributed by atoms with E-state index in [1.54, 1.807) is 16.0 Å². The number of halogens is 3. The number of nitrogens with zero attached hydrogens (tertiary/aromatic N) is 4. The monoisotopic (exact) mass is 627 g/mol. The Labute approximate surface area is 260 Å². The summed E-state index contributed by atoms with van der Waals surface area (Å²) in [5.74, 6) is -1.27. The summed E-state index contributed by atoms with van der Waals surface area (Å²) in [5.41, 5.74) is 1.21. The highest BCUT2D eigenvalue weighted by Gasteiger charge is 2.44. The molecule has 3 aliphatic heterocycles. The third-order valence-corrected chi connectivity index (χ3v) is 9.26. The fourth-order valence-corrected chi connectivity index (χ4v) is 6.80. The zero-order chi connectivity index (χ0) is 31.5. The Hall–Kier alpha value is -3.45. The second kappa shape index (κ2) is 13.9. The molecule has 6 rings (SSSR count). The van der Waals surface area contributed by atoms with Crippen molar-refractivity contribution in [3.63, 3.8) is 0 Å². The Morgan fingerprint density at radius 1 is 1.16 bits per heavy atom. The number of benzene rings is 2. The average Bonchev–Trinajstić information content (AvgIpc) is 3.77. The second-order valence-corrected chi connectivity index (χ2v) is 12.2. The number of carbonyl (C=O) groups is 1. The van der Waals surface area contributed by atoms with Gasteiger partial charge in [0.1, 0.15) is 29.7 Å². The molecule has 5 atom stereocenters. The quantitative estimate of drug-likeness (QED) is 0.373. The minimum Gasteiger partial charge on any atom is -0.388 e. The molecule has 45 heavy (non-hydrogen) atoms. The van der Waals surface area contributed by atoms with Gasteiger partial charge in [-0.05, 0) is 42.5 Å². The number of nitrogens with one attached hydrogen (secondary N) is 1. The number of methoxy groups -OCH3 is 1. The van der Waals surface area contributed by atoms with Crippen LogP contribution < -0.4 is 5.32 Å². The molecule has 12 heteroatoms. The molecule has 3 aliphatic rings. The van der Waals surface area contributed by atoms with E-state index in [0.717, 1.165) is 23.8 Å². The van der Waals surface area contributed by atoms with Gasteiger partial charge < -0.3 is 34.3 Å². The van der Waals surface area contributed by atoms with Gasteiger partial charge in [0.2, 0.25) is 0 Å². The predicted molar refractivity (Wildman–Crippen MR) is 161 cm³/mol. The van der Waals surface area contributed by atoms with E-state index < -0.39 is 42.0 Å². The Morgan fingerprint density at radius 3 is 2.62 bits per heavy atom. The number of alkyl halides is 1. The molecular formula is C33H40F3N5O4. The van der Waals surface area contributed by atoms with Crippen molar-refractivity contribution in [2.45, 2.75) is 43.8 Å². The summed E-state index contributed by atoms with van der Waals surface area (Å²) in [6.45, 7) is 2.33. The molecule has 242 valence electrons. The van der Waals surface area contributed by atoms with Crippen LogP contribution in [0.4, 0.5) is 18.0 Å². The zero-order valence-electron chi connectivity index (χ0n) is 25.3. The van der Waals surface area contributed by atoms with Crippen molar-refractivity contribution in [2.75, 3.05) is 53.0 Å². The van der Waals surface area contributed by atoms with Gasteiger partial charge >= 0.3 is 6.03 Å². The fraction of sp³-hybridized carbons (Fsp3) is 0.515. The van der Waals surface area contributed by atoms with E-state index in [4.69, 9.17) is 14.5 Å². The molecular weight excluding hydrogens is 587 g/mol. The minimum atomic E-state index is -1.15. The number of aliphatic hydroxyl groups is 1. The topological polar surface area (TPSA) is 92.1 Å². The number of aliphatic hydroxyl groups excluding tert-OH is 1. The number of urea groups is 1. The lowest BCUT2D eigenvalue weighted by Gasteiger charge is -2.41. The van der Waals surface area contributed by atoms with Crippen LogP contribution in [0.2, 0.25) is 0 Å². The van der Waals surface area contributed by atoms with E-state index in [1.165, 1.54) is 7.11 Å². The van der Waals surface area contributed by atoms with Crippen LogP contribution in [0.25, 0.3) is 11.3 Å². The number of carbonyl (C=O) groups excluding carboxylic acids is 1. The molecule has 3 fully saturated rings. The number of likely N-dealkylation sites (tertiary alicyclic amines) is 1. The van der Waals surface area contributed by atoms with Crippen molar-refractivity contribution >= 4 is 6.03 Å². The molecule has 9 nitrogen and oxygen atoms in total. The Bertz CT molecular complexity index is 1450. The van der Waals surface area contributed by atoms with Gasteiger partial charge in [0.15, 0.2) is 0 Å². The van der Waals surface area contributed by atoms with E-state index in [-0.39, 0.29) is 49.4 Å². The molecule has 3 aromatic rings. The largest absolute Gasteiger partial charge is 0.388 e. The highest BCUT2D eigenvalue weighted by molar-refractivity contribution is 5.75. The average molecular weight is 628 g/mol. The Balaban J connectivity index is 1.48. The number of rotatable bonds is 9. The van der Waals surface area contributed by atoms with Crippen molar-refractivity contribution in [1.29, 1.82) is 0 Å². The first kappa shape index (κ1) is 31.5. The number of ether oxygens (including phenoxy) is 2. The summed E-state index contributed by atoms with van der Waals surface area (Å²) in [6.07, 6.45) is 0.412. The third-order valence-electron chi connectivity index (χ3n) is 9.26. The molecule has 0 radical (unpaired) electrons. The van der Waals surface area contributed by atoms with Gasteiger partial charge in [0.05, 0.1) is 30.9 Å². The van der Waals surface area contributed by atoms with Crippen LogP contribution in [0.15, 0.2) is 54.7 Å². The third kappa shape index (κ3) is 6.89. The molecule has 2 N–H and O–H groups in total. The first-order valence-corrected chi connectivity index (χ1v) is 15.6. The number of hydrogen-bond donors (Lipinski definition) is 2. The maximum absolute atomic E-state index is 15.2. The van der Waals surface area contributed by atoms with E-state index in [9.17, 15) is 14.3 Å². The van der Waals surface area contributed by atoms with Gasteiger partial charge in [-0.25, -0.2) is 22.9 Å². The van der Waals surface area contributed by atoms with Crippen LogP contribution in [0.3, 0.4) is 0 Å². The molecule has 1 aromatic heterocycles. The fourth-order valence-electron chi connectivity index (χ4n) is 6.80. The number of hydrogen-bond acceptors (Lipinski definition) is 6. The van der Waals surface area contributed by atoms with E-state index in [2.05, 4.69) is 5.32 Å². The molecule has 0 aliphatic carbocycles. The molecule has 2 aromatic carbocycles. The van der Waals surface area contributed by atoms with Crippen molar-refractivity contribution in [1.82, 2.24) is 24.7 Å². The van der Waals surface area contributed by atoms with Gasteiger partial charge in [-0.2, -0.15) is 0 Å². The van der Waals surface area contributed by atoms with Gasteiger partial charge in [0.25, 0.3) is 0 Å². The summed E-state index contributed by atoms with van der Waals surface area (Å²) in [4.78, 5) is 22.7. The molecule has 2 amide bonds. The highest BCUT2D eigenvalue weighted by Crippen LogP contribution is 2.39. The first-order valence-electron chi connectivity index (χ1n) is 15.6. The first-order chi connectivity index (χ1) is 21.8. The number of β-amino-alcohol motifs (C(OH)–C–C–N with tert-alkyl or cyclic N) is 1. The maximum atomic E-state index is 15.2. The number of aromatic nitrogens is 2. The molecule has 0 saturated carbocycles. The second-order valence-electron chi connectivity index (χ2n) is 12.2. The molecule has 0 spiro atoms. The van der Waals surface area contributed by atoms with Crippen LogP contribution in [0.5, 0.6) is 0 Å². The lowest BCUT2D eigenvalue weighted by molar-refractivity contribution is 0.0193. The van der Waals surface area contributed by atoms with E-state index >= 15 is 8.78 Å². The SMILES string of the molecule is COC1CN(C(=O)N(C[C@@H]2CNC[C@@H]2F)[C@@H](c2nc(-c3cc(F)ccc3F)cn2Cc2ccccc2)C2CCOCC2)CC1O. The lowest BCUT2D eigenvalue weighted by atomic mass is 9.89. The number of amides is 2. The van der Waals surface area contributed by atoms with Gasteiger partial charge in [-0.3, -0.25) is 0 Å². The van der Waals surface area contributed by atoms with Crippen LogP contribution >= 0.6 is 0 Å². The predicted octanol–water partition coefficient (Wildman–Crippen LogP) is 4.02. The smallest absolute Gasteiger partial charge is 0.320 e. The lowest BCUT2D eigenvalue weighted by Crippen LogP contribution is -2.50. The molecule has 3 saturated heterocycles. The molecule has 2 unspecified atom stereocenters. The van der Waals surface area contributed by atoms with E-state index in [1.807, 2.05) is 34.9 Å². The van der Waals surface area contributed by atoms with E-state index in [0.29, 0.717) is 45.0 Å². The molecule has 4 heterocycles. The standard InChI is InChI=1S/C33H40F3N5O4/c1-44-30-20-40(19-29(30)42)33(43)41(17-23-14-37-15-27(23)36)31(22-9-11-45-12-10-22)32-38-28(25-13-24(34)7-8-26(25)35)18-39(32)16-21-5-3-2-4-6-21/h2-8,13,18,22-23,27,29-31,37,42H,9-12,14-17,19-20H2,1H3/t23-,27-,29?,30?,31+/m0/s1. The van der Waals surface area contributed by atoms with Crippen molar-refractivity contribution in [3.05, 3.63) is 77.8 Å². The van der Waals surface area contributed by atoms with Crippen LogP contribution in [0, 0.1) is 23.5 Å². The zero-order valence-corrected chi connectivity index (χ0v) is 25.3. The number of imidazole rings is 1. The summed E-state index contributed by atoms with van der Waals surface area (Å²) in [6, 6.07) is 12.0. The van der Waals surface area contributed by atoms with Gasteiger partial charge in [-0.1, -0.05) is 30.3 Å². The summed E-state index contributed by atoms with van der Waals surface area (Å²) >= 11 is 0. The van der Waals surface area contributed by atoms with Gasteiger partial charge in [-0.15, -0.1) is 0 Å². The summed E-state index contributed by atoms with van der Waals surface area (Å²) in [7, 11) is 1.50. The van der Waals surface area contributed by atoms with Crippen LogP contribution in [0.1, 0.15) is 30.3 Å².